The number of hydrogen-bond donors (Lipinski definition) is 2. The molecule has 1 aliphatic carbocycles. The number of amides is 2. The second-order valence-electron chi connectivity index (χ2n) is 4.97. The lowest BCUT2D eigenvalue weighted by atomic mass is 10.2. The number of urea groups is 1. The van der Waals surface area contributed by atoms with Gasteiger partial charge in [-0.1, -0.05) is 28.8 Å². The van der Waals surface area contributed by atoms with Crippen molar-refractivity contribution < 1.29 is 14.7 Å². The van der Waals surface area contributed by atoms with Crippen molar-refractivity contribution >= 4 is 33.6 Å². The summed E-state index contributed by atoms with van der Waals surface area (Å²) < 4.78 is 0.723. The van der Waals surface area contributed by atoms with Gasteiger partial charge in [0.15, 0.2) is 0 Å². The van der Waals surface area contributed by atoms with Gasteiger partial charge in [0.25, 0.3) is 0 Å². The Morgan fingerprint density at radius 2 is 2.00 bits per heavy atom. The zero-order valence-electron chi connectivity index (χ0n) is 11.2. The number of carbonyl (C=O) groups is 2. The van der Waals surface area contributed by atoms with Gasteiger partial charge in [0, 0.05) is 17.6 Å². The molecule has 0 saturated heterocycles. The van der Waals surface area contributed by atoms with Gasteiger partial charge < -0.3 is 15.3 Å². The van der Waals surface area contributed by atoms with E-state index in [0.717, 1.165) is 30.2 Å². The predicted molar refractivity (Wildman–Crippen MR) is 80.1 cm³/mol. The van der Waals surface area contributed by atoms with Crippen molar-refractivity contribution in [1.82, 2.24) is 4.90 Å². The van der Waals surface area contributed by atoms with E-state index in [-0.39, 0.29) is 17.6 Å². The van der Waals surface area contributed by atoms with Gasteiger partial charge in [0.1, 0.15) is 0 Å². The lowest BCUT2D eigenvalue weighted by molar-refractivity contribution is 0.0698. The molecule has 0 aromatic heterocycles. The normalized spacial score (nSPS) is 15.1. The van der Waals surface area contributed by atoms with Gasteiger partial charge in [0.05, 0.1) is 11.3 Å². The highest BCUT2D eigenvalue weighted by Crippen LogP contribution is 2.25. The highest BCUT2D eigenvalue weighted by Gasteiger charge is 2.24. The Hall–Kier alpha value is -1.56. The fraction of sp³-hybridized carbons (Fsp3) is 0.429. The monoisotopic (exact) mass is 340 g/mol. The molecule has 0 unspecified atom stereocenters. The first-order chi connectivity index (χ1) is 9.49. The number of anilines is 1. The zero-order chi connectivity index (χ0) is 14.7. The fourth-order valence-corrected chi connectivity index (χ4v) is 2.83. The molecule has 1 aromatic rings. The number of nitrogens with zero attached hydrogens (tertiary/aromatic N) is 1. The van der Waals surface area contributed by atoms with Gasteiger partial charge in [-0.25, -0.2) is 9.59 Å². The summed E-state index contributed by atoms with van der Waals surface area (Å²) in [5.74, 6) is -1.06. The number of nitrogens with one attached hydrogen (secondary N) is 1. The first-order valence-corrected chi connectivity index (χ1v) is 7.35. The average Bonchev–Trinajstić information content (AvgIpc) is 2.91. The van der Waals surface area contributed by atoms with Crippen molar-refractivity contribution in [3.8, 4) is 0 Å². The number of rotatable bonds is 3. The predicted octanol–water partition coefficient (Wildman–Crippen LogP) is 3.55. The molecule has 2 amide bonds. The van der Waals surface area contributed by atoms with Gasteiger partial charge in [-0.15, -0.1) is 0 Å². The Labute approximate surface area is 126 Å². The van der Waals surface area contributed by atoms with E-state index in [1.54, 1.807) is 24.1 Å². The Morgan fingerprint density at radius 1 is 1.35 bits per heavy atom. The van der Waals surface area contributed by atoms with Crippen LogP contribution >= 0.6 is 15.9 Å². The lowest BCUT2D eigenvalue weighted by Gasteiger charge is -2.25. The van der Waals surface area contributed by atoms with E-state index in [2.05, 4.69) is 21.2 Å². The first kappa shape index (κ1) is 14.8. The van der Waals surface area contributed by atoms with Crippen LogP contribution in [0, 0.1) is 0 Å². The Balaban J connectivity index is 2.14. The molecule has 1 fully saturated rings. The van der Waals surface area contributed by atoms with Crippen molar-refractivity contribution in [2.24, 2.45) is 0 Å². The van der Waals surface area contributed by atoms with E-state index < -0.39 is 5.97 Å². The van der Waals surface area contributed by atoms with Crippen LogP contribution in [0.25, 0.3) is 0 Å². The third-order valence-corrected chi connectivity index (χ3v) is 4.14. The molecule has 2 rings (SSSR count). The van der Waals surface area contributed by atoms with Gasteiger partial charge >= 0.3 is 12.0 Å². The van der Waals surface area contributed by atoms with Crippen LogP contribution in [-0.2, 0) is 0 Å². The van der Waals surface area contributed by atoms with Crippen LogP contribution in [0.2, 0.25) is 0 Å². The smallest absolute Gasteiger partial charge is 0.337 e. The third-order valence-electron chi connectivity index (χ3n) is 3.65. The molecular weight excluding hydrogens is 324 g/mol. The van der Waals surface area contributed by atoms with Crippen LogP contribution in [0.1, 0.15) is 36.0 Å². The Kier molecular flexibility index (Phi) is 4.65. The first-order valence-electron chi connectivity index (χ1n) is 6.55. The molecule has 6 heteroatoms. The van der Waals surface area contributed by atoms with Gasteiger partial charge in [-0.2, -0.15) is 0 Å². The van der Waals surface area contributed by atoms with E-state index in [0.29, 0.717) is 5.69 Å². The maximum atomic E-state index is 12.2. The number of aromatic carboxylic acids is 1. The van der Waals surface area contributed by atoms with Crippen molar-refractivity contribution in [1.29, 1.82) is 0 Å². The largest absolute Gasteiger partial charge is 0.478 e. The summed E-state index contributed by atoms with van der Waals surface area (Å²) in [5.41, 5.74) is 0.392. The summed E-state index contributed by atoms with van der Waals surface area (Å²) in [4.78, 5) is 25.0. The van der Waals surface area contributed by atoms with Crippen molar-refractivity contribution in [3.05, 3.63) is 28.2 Å². The van der Waals surface area contributed by atoms with Gasteiger partial charge in [-0.05, 0) is 31.0 Å². The molecular formula is C14H17BrN2O3. The second-order valence-corrected chi connectivity index (χ2v) is 5.89. The molecule has 2 N–H and O–H groups in total. The number of carboxylic acid groups (broad SMARTS) is 1. The van der Waals surface area contributed by atoms with E-state index in [1.165, 1.54) is 6.07 Å². The minimum Gasteiger partial charge on any atom is -0.478 e. The maximum Gasteiger partial charge on any atom is 0.337 e. The third kappa shape index (κ3) is 3.30. The molecule has 20 heavy (non-hydrogen) atoms. The number of carbonyl (C=O) groups excluding carboxylic acids is 1. The van der Waals surface area contributed by atoms with Crippen molar-refractivity contribution in [2.45, 2.75) is 31.7 Å². The second kappa shape index (κ2) is 6.26. The van der Waals surface area contributed by atoms with E-state index in [1.807, 2.05) is 0 Å². The molecule has 108 valence electrons. The summed E-state index contributed by atoms with van der Waals surface area (Å²) in [5, 5.41) is 11.8. The number of carboxylic acids is 1. The quantitative estimate of drug-likeness (QED) is 0.883. The average molecular weight is 341 g/mol. The highest BCUT2D eigenvalue weighted by molar-refractivity contribution is 9.10. The Bertz CT molecular complexity index is 527. The summed E-state index contributed by atoms with van der Waals surface area (Å²) in [6.45, 7) is 0. The summed E-state index contributed by atoms with van der Waals surface area (Å²) in [6.07, 6.45) is 4.29. The van der Waals surface area contributed by atoms with Crippen molar-refractivity contribution in [3.63, 3.8) is 0 Å². The topological polar surface area (TPSA) is 69.6 Å². The van der Waals surface area contributed by atoms with E-state index >= 15 is 0 Å². The number of halogens is 1. The number of hydrogen-bond acceptors (Lipinski definition) is 2. The molecule has 1 saturated carbocycles. The lowest BCUT2D eigenvalue weighted by Crippen LogP contribution is -2.38. The van der Waals surface area contributed by atoms with Crippen molar-refractivity contribution in [2.75, 3.05) is 12.4 Å². The fourth-order valence-electron chi connectivity index (χ4n) is 2.47. The zero-order valence-corrected chi connectivity index (χ0v) is 12.8. The molecule has 0 radical (unpaired) electrons. The molecule has 0 spiro atoms. The molecule has 5 nitrogen and oxygen atoms in total. The highest BCUT2D eigenvalue weighted by atomic mass is 79.9. The molecule has 1 aromatic carbocycles. The van der Waals surface area contributed by atoms with Crippen LogP contribution in [0.5, 0.6) is 0 Å². The molecule has 0 bridgehead atoms. The van der Waals surface area contributed by atoms with Crippen LogP contribution in [-0.4, -0.2) is 35.1 Å². The van der Waals surface area contributed by atoms with Crippen LogP contribution in [0.3, 0.4) is 0 Å². The van der Waals surface area contributed by atoms with E-state index in [4.69, 9.17) is 5.11 Å². The van der Waals surface area contributed by atoms with Crippen LogP contribution in [0.15, 0.2) is 22.7 Å². The summed E-state index contributed by atoms with van der Waals surface area (Å²) in [6, 6.07) is 4.69. The summed E-state index contributed by atoms with van der Waals surface area (Å²) in [7, 11) is 1.75. The standard InChI is InChI=1S/C14H17BrN2O3/c1-17(10-4-2-3-5-10)14(20)16-12-8-9(15)6-7-11(12)13(18)19/h6-8,10H,2-5H2,1H3,(H,16,20)(H,18,19). The number of benzene rings is 1. The van der Waals surface area contributed by atoms with Gasteiger partial charge in [-0.3, -0.25) is 0 Å². The Morgan fingerprint density at radius 3 is 2.60 bits per heavy atom. The molecule has 0 aliphatic heterocycles. The molecule has 0 atom stereocenters. The van der Waals surface area contributed by atoms with Gasteiger partial charge in [0.2, 0.25) is 0 Å². The molecule has 1 aliphatic rings. The SMILES string of the molecule is CN(C(=O)Nc1cc(Br)ccc1C(=O)O)C1CCCC1. The molecule has 0 heterocycles. The minimum atomic E-state index is -1.06. The maximum absolute atomic E-state index is 12.2. The minimum absolute atomic E-state index is 0.0846. The van der Waals surface area contributed by atoms with Crippen LogP contribution < -0.4 is 5.32 Å². The van der Waals surface area contributed by atoms with E-state index in [9.17, 15) is 9.59 Å². The summed E-state index contributed by atoms with van der Waals surface area (Å²) >= 11 is 3.28. The van der Waals surface area contributed by atoms with Crippen LogP contribution in [0.4, 0.5) is 10.5 Å².